The third-order valence-electron chi connectivity index (χ3n) is 2.68. The van der Waals surface area contributed by atoms with Crippen molar-refractivity contribution >= 4 is 23.0 Å². The van der Waals surface area contributed by atoms with Crippen LogP contribution in [0.15, 0.2) is 24.9 Å². The highest BCUT2D eigenvalue weighted by Gasteiger charge is 2.31. The zero-order chi connectivity index (χ0) is 15.3. The van der Waals surface area contributed by atoms with E-state index in [0.29, 0.717) is 22.9 Å². The Hall–Kier alpha value is -0.750. The van der Waals surface area contributed by atoms with Crippen LogP contribution in [0.2, 0.25) is 5.15 Å². The Morgan fingerprint density at radius 3 is 2.75 bits per heavy atom. The molecule has 0 unspecified atom stereocenters. The van der Waals surface area contributed by atoms with Crippen LogP contribution in [-0.2, 0) is 11.4 Å². The predicted octanol–water partition coefficient (Wildman–Crippen LogP) is 3.41. The quantitative estimate of drug-likeness (QED) is 0.496. The molecule has 1 N–H and O–H groups in total. The zero-order valence-corrected chi connectivity index (χ0v) is 13.8. The minimum absolute atomic E-state index is 0.260. The number of hydrogen-bond acceptors (Lipinski definition) is 4. The molecule has 0 amide bonds. The number of nitrogens with one attached hydrogen (secondary N) is 1. The molecule has 6 heteroatoms. The second-order valence-corrected chi connectivity index (χ2v) is 7.65. The molecule has 0 aliphatic rings. The van der Waals surface area contributed by atoms with Crippen LogP contribution in [0.25, 0.3) is 0 Å². The summed E-state index contributed by atoms with van der Waals surface area (Å²) in [7, 11) is 1.57. The Balaban J connectivity index is 3.11. The highest BCUT2D eigenvalue weighted by Crippen LogP contribution is 2.33. The molecule has 0 bridgehead atoms. The molecule has 1 aromatic rings. The van der Waals surface area contributed by atoms with Crippen LogP contribution >= 0.6 is 11.6 Å². The molecule has 1 rings (SSSR count). The summed E-state index contributed by atoms with van der Waals surface area (Å²) in [5.74, 6) is 0.621. The molecule has 0 radical (unpaired) electrons. The second kappa shape index (κ2) is 7.31. The molecule has 0 spiro atoms. The average molecular weight is 317 g/mol. The predicted molar refractivity (Wildman–Crippen MR) is 84.4 cm³/mol. The van der Waals surface area contributed by atoms with Crippen molar-refractivity contribution in [3.05, 3.63) is 35.6 Å². The Labute approximate surface area is 128 Å². The van der Waals surface area contributed by atoms with Crippen molar-refractivity contribution in [1.82, 2.24) is 9.71 Å². The lowest BCUT2D eigenvalue weighted by Gasteiger charge is -2.28. The van der Waals surface area contributed by atoms with E-state index in [1.807, 2.05) is 20.8 Å². The normalized spacial score (nSPS) is 14.7. The van der Waals surface area contributed by atoms with E-state index in [4.69, 9.17) is 16.3 Å². The lowest BCUT2D eigenvalue weighted by atomic mass is 10.1. The van der Waals surface area contributed by atoms with Gasteiger partial charge in [-0.05, 0) is 33.3 Å². The number of halogens is 1. The Kier molecular flexibility index (Phi) is 6.33. The van der Waals surface area contributed by atoms with Crippen LogP contribution in [0, 0.1) is 0 Å². The maximum absolute atomic E-state index is 12.3. The summed E-state index contributed by atoms with van der Waals surface area (Å²) >= 11 is 4.94. The fraction of sp³-hybridized carbons (Fsp3) is 0.500. The summed E-state index contributed by atoms with van der Waals surface area (Å²) in [5.41, 5.74) is 0.703. The molecule has 1 aromatic heterocycles. The zero-order valence-electron chi connectivity index (χ0n) is 12.3. The third kappa shape index (κ3) is 4.38. The van der Waals surface area contributed by atoms with Crippen LogP contribution in [0.1, 0.15) is 38.8 Å². The Bertz CT molecular complexity index is 463. The Morgan fingerprint density at radius 1 is 1.60 bits per heavy atom. The largest absolute Gasteiger partial charge is 0.598 e. The molecular weight excluding hydrogens is 296 g/mol. The van der Waals surface area contributed by atoms with Gasteiger partial charge in [-0.1, -0.05) is 17.7 Å². The van der Waals surface area contributed by atoms with E-state index >= 15 is 0 Å². The smallest absolute Gasteiger partial charge is 0.137 e. The molecule has 112 valence electrons. The number of pyridine rings is 1. The topological polar surface area (TPSA) is 57.2 Å². The molecule has 0 aliphatic carbocycles. The van der Waals surface area contributed by atoms with Crippen molar-refractivity contribution in [2.24, 2.45) is 0 Å². The van der Waals surface area contributed by atoms with Gasteiger partial charge < -0.3 is 9.29 Å². The fourth-order valence-electron chi connectivity index (χ4n) is 1.62. The van der Waals surface area contributed by atoms with Gasteiger partial charge in [0.1, 0.15) is 15.6 Å². The molecule has 20 heavy (non-hydrogen) atoms. The van der Waals surface area contributed by atoms with Gasteiger partial charge in [0.05, 0.1) is 18.7 Å². The SMILES string of the molecule is C=CC[C@@H](N[S@+]([O-])C(C)(C)C)c1c(OC)ccnc1Cl. The minimum Gasteiger partial charge on any atom is -0.598 e. The van der Waals surface area contributed by atoms with Gasteiger partial charge in [0.25, 0.3) is 0 Å². The molecule has 0 aromatic carbocycles. The molecule has 0 saturated carbocycles. The summed E-state index contributed by atoms with van der Waals surface area (Å²) in [5, 5.41) is 0.342. The standard InChI is InChI=1S/C14H21ClN2O2S/c1-6-7-10(17-20(18)14(2,3)4)12-11(19-5)8-9-16-13(12)15/h6,8-10,17H,1,7H2,2-5H3/t10-,20-/m1/s1. The van der Waals surface area contributed by atoms with Gasteiger partial charge in [-0.3, -0.25) is 0 Å². The van der Waals surface area contributed by atoms with Crippen molar-refractivity contribution in [3.63, 3.8) is 0 Å². The van der Waals surface area contributed by atoms with Gasteiger partial charge in [-0.25, -0.2) is 4.98 Å². The van der Waals surface area contributed by atoms with Gasteiger partial charge in [-0.2, -0.15) is 0 Å². The molecule has 0 aliphatic heterocycles. The number of ether oxygens (including phenoxy) is 1. The highest BCUT2D eigenvalue weighted by molar-refractivity contribution is 7.90. The van der Waals surface area contributed by atoms with Crippen LogP contribution in [0.3, 0.4) is 0 Å². The van der Waals surface area contributed by atoms with Crippen LogP contribution in [0.4, 0.5) is 0 Å². The van der Waals surface area contributed by atoms with E-state index < -0.39 is 11.4 Å². The monoisotopic (exact) mass is 316 g/mol. The number of nitrogens with zero attached hydrogens (tertiary/aromatic N) is 1. The summed E-state index contributed by atoms with van der Waals surface area (Å²) in [6, 6.07) is 1.47. The van der Waals surface area contributed by atoms with E-state index in [1.54, 1.807) is 25.4 Å². The van der Waals surface area contributed by atoms with Crippen LogP contribution < -0.4 is 9.46 Å². The number of aromatic nitrogens is 1. The maximum atomic E-state index is 12.3. The average Bonchev–Trinajstić information content (AvgIpc) is 2.36. The third-order valence-corrected chi connectivity index (χ3v) is 4.59. The number of hydrogen-bond donors (Lipinski definition) is 1. The van der Waals surface area contributed by atoms with Crippen molar-refractivity contribution in [2.45, 2.75) is 38.0 Å². The van der Waals surface area contributed by atoms with E-state index in [1.165, 1.54) is 0 Å². The molecular formula is C14H21ClN2O2S. The van der Waals surface area contributed by atoms with E-state index in [0.717, 1.165) is 0 Å². The summed E-state index contributed by atoms with van der Waals surface area (Å²) in [4.78, 5) is 4.07. The van der Waals surface area contributed by atoms with Gasteiger partial charge in [0, 0.05) is 17.6 Å². The molecule has 4 nitrogen and oxygen atoms in total. The van der Waals surface area contributed by atoms with Gasteiger partial charge in [0.15, 0.2) is 0 Å². The van der Waals surface area contributed by atoms with Crippen LogP contribution in [0.5, 0.6) is 5.75 Å². The lowest BCUT2D eigenvalue weighted by molar-refractivity contribution is 0.402. The second-order valence-electron chi connectivity index (χ2n) is 5.29. The summed E-state index contributed by atoms with van der Waals surface area (Å²) in [6.07, 6.45) is 3.90. The van der Waals surface area contributed by atoms with Crippen LogP contribution in [-0.4, -0.2) is 21.4 Å². The Morgan fingerprint density at radius 2 is 2.25 bits per heavy atom. The summed E-state index contributed by atoms with van der Waals surface area (Å²) < 4.78 is 20.3. The first-order chi connectivity index (χ1) is 9.31. The highest BCUT2D eigenvalue weighted by atomic mass is 35.5. The van der Waals surface area contributed by atoms with E-state index in [2.05, 4.69) is 16.3 Å². The lowest BCUT2D eigenvalue weighted by Crippen LogP contribution is -2.41. The van der Waals surface area contributed by atoms with E-state index in [-0.39, 0.29) is 10.8 Å². The van der Waals surface area contributed by atoms with Crippen molar-refractivity contribution < 1.29 is 9.29 Å². The first-order valence-electron chi connectivity index (χ1n) is 6.28. The van der Waals surface area contributed by atoms with Gasteiger partial charge >= 0.3 is 0 Å². The van der Waals surface area contributed by atoms with Gasteiger partial charge in [-0.15, -0.1) is 11.3 Å². The first-order valence-corrected chi connectivity index (χ1v) is 7.81. The van der Waals surface area contributed by atoms with Crippen molar-refractivity contribution in [1.29, 1.82) is 0 Å². The molecule has 0 fully saturated rings. The number of rotatable bonds is 6. The first kappa shape index (κ1) is 17.3. The van der Waals surface area contributed by atoms with Gasteiger partial charge in [0.2, 0.25) is 0 Å². The minimum atomic E-state index is -1.23. The molecule has 1 heterocycles. The molecule has 0 saturated heterocycles. The van der Waals surface area contributed by atoms with Crippen molar-refractivity contribution in [2.75, 3.05) is 7.11 Å². The molecule has 2 atom stereocenters. The maximum Gasteiger partial charge on any atom is 0.137 e. The fourth-order valence-corrected chi connectivity index (χ4v) is 2.73. The summed E-state index contributed by atoms with van der Waals surface area (Å²) in [6.45, 7) is 9.46. The van der Waals surface area contributed by atoms with Crippen molar-refractivity contribution in [3.8, 4) is 5.75 Å². The number of methoxy groups -OCH3 is 1. The van der Waals surface area contributed by atoms with E-state index in [9.17, 15) is 4.55 Å².